The zero-order valence-electron chi connectivity index (χ0n) is 15.7. The number of hydrogen-bond acceptors (Lipinski definition) is 4. The lowest BCUT2D eigenvalue weighted by atomic mass is 10.00. The van der Waals surface area contributed by atoms with Gasteiger partial charge in [0.25, 0.3) is 0 Å². The molecule has 0 aromatic rings. The average molecular weight is 341 g/mol. The lowest BCUT2D eigenvalue weighted by Crippen LogP contribution is -2.06. The van der Waals surface area contributed by atoms with E-state index in [0.717, 1.165) is 12.8 Å². The number of carbonyl (C=O) groups excluding carboxylic acids is 2. The van der Waals surface area contributed by atoms with Crippen molar-refractivity contribution in [2.24, 2.45) is 11.8 Å². The van der Waals surface area contributed by atoms with Crippen molar-refractivity contribution < 1.29 is 19.1 Å². The van der Waals surface area contributed by atoms with Crippen LogP contribution in [0.1, 0.15) is 90.9 Å². The number of ether oxygens (including phenoxy) is 2. The maximum absolute atomic E-state index is 11.0. The molecule has 2 unspecified atom stereocenters. The Morgan fingerprint density at radius 1 is 0.875 bits per heavy atom. The maximum Gasteiger partial charge on any atom is 0.309 e. The Bertz CT molecular complexity index is 354. The zero-order valence-corrected chi connectivity index (χ0v) is 15.7. The van der Waals surface area contributed by atoms with Gasteiger partial charge in [0.1, 0.15) is 0 Å². The van der Waals surface area contributed by atoms with Gasteiger partial charge in [-0.15, -0.1) is 0 Å². The van der Waals surface area contributed by atoms with Crippen LogP contribution in [0.2, 0.25) is 0 Å². The number of carbonyl (C=O) groups is 2. The lowest BCUT2D eigenvalue weighted by Gasteiger charge is -2.03. The van der Waals surface area contributed by atoms with Crippen LogP contribution >= 0.6 is 0 Å². The fourth-order valence-electron chi connectivity index (χ4n) is 3.23. The van der Waals surface area contributed by atoms with Crippen LogP contribution in [0.4, 0.5) is 0 Å². The van der Waals surface area contributed by atoms with Crippen LogP contribution in [0.15, 0.2) is 0 Å². The molecule has 0 bridgehead atoms. The van der Waals surface area contributed by atoms with Crippen molar-refractivity contribution in [2.45, 2.75) is 90.9 Å². The third-order valence-electron chi connectivity index (χ3n) is 4.85. The van der Waals surface area contributed by atoms with Crippen LogP contribution in [0.3, 0.4) is 0 Å². The second-order valence-corrected chi connectivity index (χ2v) is 7.10. The Morgan fingerprint density at radius 2 is 1.54 bits per heavy atom. The largest absolute Gasteiger partial charge is 0.465 e. The minimum atomic E-state index is -0.00417. The van der Waals surface area contributed by atoms with Gasteiger partial charge in [0.15, 0.2) is 0 Å². The number of unbranched alkanes of at least 4 members (excludes halogenated alkanes) is 6. The van der Waals surface area contributed by atoms with E-state index in [2.05, 4.69) is 13.8 Å². The number of hydrogen-bond donors (Lipinski definition) is 0. The third-order valence-corrected chi connectivity index (χ3v) is 4.85. The van der Waals surface area contributed by atoms with Gasteiger partial charge < -0.3 is 9.47 Å². The molecule has 0 amide bonds. The van der Waals surface area contributed by atoms with E-state index in [4.69, 9.17) is 9.47 Å². The quantitative estimate of drug-likeness (QED) is 0.413. The SMILES string of the molecule is CCCCCCC1CCOC1=O.CCCCCCC1COC(=O)C1. The summed E-state index contributed by atoms with van der Waals surface area (Å²) < 4.78 is 9.77. The predicted molar refractivity (Wildman–Crippen MR) is 95.7 cm³/mol. The molecule has 2 heterocycles. The van der Waals surface area contributed by atoms with Gasteiger partial charge in [0.05, 0.1) is 25.6 Å². The summed E-state index contributed by atoms with van der Waals surface area (Å²) in [7, 11) is 0. The van der Waals surface area contributed by atoms with Crippen molar-refractivity contribution in [3.05, 3.63) is 0 Å². The molecule has 0 saturated carbocycles. The summed E-state index contributed by atoms with van der Waals surface area (Å²) >= 11 is 0. The van der Waals surface area contributed by atoms with E-state index < -0.39 is 0 Å². The smallest absolute Gasteiger partial charge is 0.309 e. The van der Waals surface area contributed by atoms with Gasteiger partial charge in [-0.2, -0.15) is 0 Å². The molecule has 0 aliphatic carbocycles. The maximum atomic E-state index is 11.0. The molecule has 2 saturated heterocycles. The molecule has 0 radical (unpaired) electrons. The van der Waals surface area contributed by atoms with Gasteiger partial charge in [-0.1, -0.05) is 65.2 Å². The van der Waals surface area contributed by atoms with E-state index in [1.165, 1.54) is 57.8 Å². The summed E-state index contributed by atoms with van der Waals surface area (Å²) in [6.45, 7) is 5.73. The topological polar surface area (TPSA) is 52.6 Å². The summed E-state index contributed by atoms with van der Waals surface area (Å²) in [5.74, 6) is 0.776. The molecule has 0 aromatic carbocycles. The summed E-state index contributed by atoms with van der Waals surface area (Å²) in [5.41, 5.74) is 0. The van der Waals surface area contributed by atoms with E-state index in [1.807, 2.05) is 0 Å². The highest BCUT2D eigenvalue weighted by Crippen LogP contribution is 2.21. The third kappa shape index (κ3) is 9.29. The van der Waals surface area contributed by atoms with E-state index in [9.17, 15) is 9.59 Å². The average Bonchev–Trinajstić information content (AvgIpc) is 3.17. The summed E-state index contributed by atoms with van der Waals surface area (Å²) in [5, 5.41) is 0. The molecule has 2 rings (SSSR count). The Labute approximate surface area is 147 Å². The Kier molecular flexibility index (Phi) is 11.6. The molecule has 4 heteroatoms. The van der Waals surface area contributed by atoms with Crippen LogP contribution < -0.4 is 0 Å². The molecule has 0 spiro atoms. The van der Waals surface area contributed by atoms with Gasteiger partial charge in [0, 0.05) is 5.92 Å². The molecule has 0 aromatic heterocycles. The van der Waals surface area contributed by atoms with Crippen LogP contribution in [-0.2, 0) is 19.1 Å². The monoisotopic (exact) mass is 340 g/mol. The van der Waals surface area contributed by atoms with Gasteiger partial charge in [0.2, 0.25) is 0 Å². The van der Waals surface area contributed by atoms with E-state index in [0.29, 0.717) is 25.6 Å². The number of cyclic esters (lactones) is 2. The van der Waals surface area contributed by atoms with Gasteiger partial charge in [-0.3, -0.25) is 9.59 Å². The van der Waals surface area contributed by atoms with Crippen molar-refractivity contribution in [3.63, 3.8) is 0 Å². The normalized spacial score (nSPS) is 22.8. The fraction of sp³-hybridized carbons (Fsp3) is 0.900. The molecule has 2 aliphatic rings. The van der Waals surface area contributed by atoms with E-state index >= 15 is 0 Å². The van der Waals surface area contributed by atoms with Crippen molar-refractivity contribution in [1.29, 1.82) is 0 Å². The zero-order chi connectivity index (χ0) is 17.6. The summed E-state index contributed by atoms with van der Waals surface area (Å²) in [6.07, 6.45) is 14.0. The first kappa shape index (κ1) is 21.0. The molecule has 2 aliphatic heterocycles. The fourth-order valence-corrected chi connectivity index (χ4v) is 3.23. The first-order valence-electron chi connectivity index (χ1n) is 9.99. The number of esters is 2. The predicted octanol–water partition coefficient (Wildman–Crippen LogP) is 5.04. The Balaban J connectivity index is 0.000000240. The Morgan fingerprint density at radius 3 is 2.04 bits per heavy atom. The first-order chi connectivity index (χ1) is 11.7. The molecular weight excluding hydrogens is 304 g/mol. The minimum absolute atomic E-state index is 0.00417. The van der Waals surface area contributed by atoms with Crippen LogP contribution in [0, 0.1) is 11.8 Å². The number of rotatable bonds is 10. The highest BCUT2D eigenvalue weighted by atomic mass is 16.5. The van der Waals surface area contributed by atoms with Crippen molar-refractivity contribution in [1.82, 2.24) is 0 Å². The van der Waals surface area contributed by atoms with Gasteiger partial charge in [-0.25, -0.2) is 0 Å². The molecule has 24 heavy (non-hydrogen) atoms. The highest BCUT2D eigenvalue weighted by Gasteiger charge is 2.25. The highest BCUT2D eigenvalue weighted by molar-refractivity contribution is 5.74. The summed E-state index contributed by atoms with van der Waals surface area (Å²) in [6, 6.07) is 0. The molecule has 2 atom stereocenters. The van der Waals surface area contributed by atoms with Crippen molar-refractivity contribution >= 4 is 11.9 Å². The first-order valence-corrected chi connectivity index (χ1v) is 9.99. The van der Waals surface area contributed by atoms with E-state index in [-0.39, 0.29) is 17.9 Å². The summed E-state index contributed by atoms with van der Waals surface area (Å²) in [4.78, 5) is 21.7. The standard InChI is InChI=1S/2C10H18O2/c1-2-3-4-5-6-9-7-10(11)12-8-9;1-2-3-4-5-6-9-7-8-12-10(9)11/h2*9H,2-8H2,1H3. The molecule has 2 fully saturated rings. The molecular formula is C20H36O4. The van der Waals surface area contributed by atoms with Gasteiger partial charge in [-0.05, 0) is 19.3 Å². The van der Waals surface area contributed by atoms with Crippen LogP contribution in [0.5, 0.6) is 0 Å². The van der Waals surface area contributed by atoms with Crippen molar-refractivity contribution in [3.8, 4) is 0 Å². The van der Waals surface area contributed by atoms with Crippen LogP contribution in [-0.4, -0.2) is 25.2 Å². The molecule has 140 valence electrons. The lowest BCUT2D eigenvalue weighted by molar-refractivity contribution is -0.141. The Hall–Kier alpha value is -1.06. The van der Waals surface area contributed by atoms with Gasteiger partial charge >= 0.3 is 11.9 Å². The van der Waals surface area contributed by atoms with E-state index in [1.54, 1.807) is 0 Å². The van der Waals surface area contributed by atoms with Crippen molar-refractivity contribution in [2.75, 3.05) is 13.2 Å². The van der Waals surface area contributed by atoms with Crippen LogP contribution in [0.25, 0.3) is 0 Å². The second-order valence-electron chi connectivity index (χ2n) is 7.10. The second kappa shape index (κ2) is 13.3. The minimum Gasteiger partial charge on any atom is -0.465 e. The molecule has 0 N–H and O–H groups in total. The molecule has 4 nitrogen and oxygen atoms in total.